The first-order valence-corrected chi connectivity index (χ1v) is 9.34. The van der Waals surface area contributed by atoms with Crippen molar-refractivity contribution in [1.82, 2.24) is 4.72 Å². The molecule has 0 bridgehead atoms. The summed E-state index contributed by atoms with van der Waals surface area (Å²) >= 11 is 0. The van der Waals surface area contributed by atoms with Crippen LogP contribution in [0, 0.1) is 13.8 Å². The lowest BCUT2D eigenvalue weighted by molar-refractivity contribution is -0.137. The van der Waals surface area contributed by atoms with Crippen molar-refractivity contribution in [1.29, 1.82) is 0 Å². The molecule has 3 rings (SSSR count). The molecule has 1 aliphatic rings. The number of nitrogens with one attached hydrogen (secondary N) is 3. The summed E-state index contributed by atoms with van der Waals surface area (Å²) < 4.78 is 65.4. The molecule has 1 aliphatic heterocycles. The third kappa shape index (κ3) is 3.91. The van der Waals surface area contributed by atoms with Gasteiger partial charge in [0.1, 0.15) is 4.90 Å². The lowest BCUT2D eigenvalue weighted by atomic mass is 10.1. The minimum atomic E-state index is -4.64. The first-order chi connectivity index (χ1) is 12.5. The van der Waals surface area contributed by atoms with E-state index < -0.39 is 33.8 Å². The van der Waals surface area contributed by atoms with E-state index in [4.69, 9.17) is 0 Å². The number of halogens is 3. The third-order valence-electron chi connectivity index (χ3n) is 4.21. The van der Waals surface area contributed by atoms with Crippen LogP contribution >= 0.6 is 0 Å². The van der Waals surface area contributed by atoms with Crippen molar-refractivity contribution in [3.8, 4) is 0 Å². The van der Waals surface area contributed by atoms with Gasteiger partial charge in [-0.2, -0.15) is 17.9 Å². The zero-order chi connectivity index (χ0) is 20.0. The molecule has 0 aliphatic carbocycles. The molecule has 2 aromatic carbocycles. The maximum atomic E-state index is 12.9. The molecule has 0 radical (unpaired) electrons. The molecule has 144 valence electrons. The Hall–Kier alpha value is -2.59. The van der Waals surface area contributed by atoms with E-state index in [1.165, 1.54) is 0 Å². The highest BCUT2D eigenvalue weighted by molar-refractivity contribution is 7.89. The second-order valence-corrected chi connectivity index (χ2v) is 7.88. The fraction of sp³-hybridized carbons (Fsp3) is 0.235. The number of hydrogen-bond donors (Lipinski definition) is 3. The summed E-state index contributed by atoms with van der Waals surface area (Å²) in [6.45, 7) is 3.74. The molecular weight excluding hydrogens is 383 g/mol. The largest absolute Gasteiger partial charge is 0.416 e. The van der Waals surface area contributed by atoms with Crippen LogP contribution in [-0.4, -0.2) is 20.5 Å². The molecule has 6 nitrogen and oxygen atoms in total. The Balaban J connectivity index is 1.89. The monoisotopic (exact) mass is 399 g/mol. The second kappa shape index (κ2) is 6.54. The van der Waals surface area contributed by atoms with Gasteiger partial charge in [0.25, 0.3) is 5.91 Å². The van der Waals surface area contributed by atoms with E-state index in [2.05, 4.69) is 15.4 Å². The van der Waals surface area contributed by atoms with Gasteiger partial charge in [-0.3, -0.25) is 4.79 Å². The Morgan fingerprint density at radius 2 is 1.78 bits per heavy atom. The lowest BCUT2D eigenvalue weighted by Crippen LogP contribution is -2.51. The number of carbonyl (C=O) groups is 1. The Labute approximate surface area is 153 Å². The fourth-order valence-electron chi connectivity index (χ4n) is 2.61. The molecule has 0 unspecified atom stereocenters. The number of amides is 1. The molecular formula is C17H16F3N3O3S. The quantitative estimate of drug-likeness (QED) is 0.725. The SMILES string of the molecule is Cc1ccc(NC(=O)[C@@H]2Nc3cc(C(F)(F)F)ccc3S(=O)(=O)N2)cc1C. The maximum absolute atomic E-state index is 12.9. The number of sulfonamides is 1. The van der Waals surface area contributed by atoms with Crippen molar-refractivity contribution in [2.75, 3.05) is 10.6 Å². The normalized spacial score (nSPS) is 18.3. The Bertz CT molecular complexity index is 1020. The highest BCUT2D eigenvalue weighted by atomic mass is 32.2. The van der Waals surface area contributed by atoms with Crippen molar-refractivity contribution in [2.24, 2.45) is 0 Å². The van der Waals surface area contributed by atoms with Crippen LogP contribution in [0.2, 0.25) is 0 Å². The summed E-state index contributed by atoms with van der Waals surface area (Å²) in [6, 6.07) is 7.34. The van der Waals surface area contributed by atoms with E-state index in [9.17, 15) is 26.4 Å². The Kier molecular flexibility index (Phi) is 4.64. The van der Waals surface area contributed by atoms with Crippen LogP contribution in [0.3, 0.4) is 0 Å². The second-order valence-electron chi connectivity index (χ2n) is 6.20. The molecule has 0 saturated carbocycles. The van der Waals surface area contributed by atoms with Gasteiger partial charge in [0.05, 0.1) is 11.3 Å². The minimum absolute atomic E-state index is 0.288. The Morgan fingerprint density at radius 1 is 1.07 bits per heavy atom. The summed E-state index contributed by atoms with van der Waals surface area (Å²) in [5.74, 6) is -0.745. The molecule has 1 atom stereocenters. The molecule has 0 aromatic heterocycles. The topological polar surface area (TPSA) is 87.3 Å². The molecule has 10 heteroatoms. The summed E-state index contributed by atoms with van der Waals surface area (Å²) in [5.41, 5.74) is 1.07. The van der Waals surface area contributed by atoms with Gasteiger partial charge in [0.2, 0.25) is 10.0 Å². The Morgan fingerprint density at radius 3 is 2.41 bits per heavy atom. The highest BCUT2D eigenvalue weighted by Crippen LogP contribution is 2.35. The molecule has 0 saturated heterocycles. The summed E-state index contributed by atoms with van der Waals surface area (Å²) in [6.07, 6.45) is -6.09. The summed E-state index contributed by atoms with van der Waals surface area (Å²) in [7, 11) is -4.15. The summed E-state index contributed by atoms with van der Waals surface area (Å²) in [4.78, 5) is 12.1. The molecule has 1 heterocycles. The van der Waals surface area contributed by atoms with Gasteiger partial charge in [0.15, 0.2) is 6.17 Å². The van der Waals surface area contributed by atoms with Crippen molar-refractivity contribution >= 4 is 27.3 Å². The van der Waals surface area contributed by atoms with Crippen LogP contribution in [0.4, 0.5) is 24.5 Å². The van der Waals surface area contributed by atoms with E-state index in [-0.39, 0.29) is 10.6 Å². The zero-order valence-electron chi connectivity index (χ0n) is 14.3. The highest BCUT2D eigenvalue weighted by Gasteiger charge is 2.37. The van der Waals surface area contributed by atoms with Crippen LogP contribution in [-0.2, 0) is 21.0 Å². The first-order valence-electron chi connectivity index (χ1n) is 7.85. The molecule has 0 fully saturated rings. The van der Waals surface area contributed by atoms with E-state index in [0.29, 0.717) is 17.8 Å². The summed E-state index contributed by atoms with van der Waals surface area (Å²) in [5, 5.41) is 5.05. The molecule has 0 spiro atoms. The van der Waals surface area contributed by atoms with Gasteiger partial charge in [-0.25, -0.2) is 8.42 Å². The van der Waals surface area contributed by atoms with Gasteiger partial charge < -0.3 is 10.6 Å². The molecule has 2 aromatic rings. The number of benzene rings is 2. The zero-order valence-corrected chi connectivity index (χ0v) is 15.1. The van der Waals surface area contributed by atoms with E-state index in [1.54, 1.807) is 18.2 Å². The van der Waals surface area contributed by atoms with Crippen molar-refractivity contribution in [2.45, 2.75) is 31.1 Å². The van der Waals surface area contributed by atoms with Crippen molar-refractivity contribution < 1.29 is 26.4 Å². The van der Waals surface area contributed by atoms with Crippen molar-refractivity contribution in [3.63, 3.8) is 0 Å². The van der Waals surface area contributed by atoms with Crippen LogP contribution in [0.15, 0.2) is 41.3 Å². The maximum Gasteiger partial charge on any atom is 0.416 e. The van der Waals surface area contributed by atoms with Gasteiger partial charge in [-0.15, -0.1) is 0 Å². The fourth-order valence-corrected chi connectivity index (χ4v) is 3.87. The lowest BCUT2D eigenvalue weighted by Gasteiger charge is -2.27. The van der Waals surface area contributed by atoms with Crippen LogP contribution in [0.5, 0.6) is 0 Å². The van der Waals surface area contributed by atoms with Crippen LogP contribution in [0.25, 0.3) is 0 Å². The predicted molar refractivity (Wildman–Crippen MR) is 93.7 cm³/mol. The standard InChI is InChI=1S/C17H16F3N3O3S/c1-9-3-5-12(7-10(9)2)21-16(24)15-22-13-8-11(17(18,19)20)4-6-14(13)27(25,26)23-15/h3-8,15,22-23H,1-2H3,(H,21,24)/t15-/m1/s1. The van der Waals surface area contributed by atoms with Gasteiger partial charge in [-0.05, 0) is 55.3 Å². The number of aryl methyl sites for hydroxylation is 2. The predicted octanol–water partition coefficient (Wildman–Crippen LogP) is 2.99. The minimum Gasteiger partial charge on any atom is -0.360 e. The number of carbonyl (C=O) groups excluding carboxylic acids is 1. The van der Waals surface area contributed by atoms with E-state index in [1.807, 2.05) is 13.8 Å². The molecule has 27 heavy (non-hydrogen) atoms. The van der Waals surface area contributed by atoms with Crippen molar-refractivity contribution in [3.05, 3.63) is 53.1 Å². The van der Waals surface area contributed by atoms with Crippen LogP contribution < -0.4 is 15.4 Å². The van der Waals surface area contributed by atoms with Gasteiger partial charge >= 0.3 is 6.18 Å². The van der Waals surface area contributed by atoms with Gasteiger partial charge in [-0.1, -0.05) is 6.07 Å². The number of rotatable bonds is 2. The number of alkyl halides is 3. The average Bonchev–Trinajstić information content (AvgIpc) is 2.56. The van der Waals surface area contributed by atoms with Crippen LogP contribution in [0.1, 0.15) is 16.7 Å². The number of fused-ring (bicyclic) bond motifs is 1. The van der Waals surface area contributed by atoms with E-state index in [0.717, 1.165) is 17.2 Å². The first kappa shape index (κ1) is 19.2. The molecule has 1 amide bonds. The number of hydrogen-bond acceptors (Lipinski definition) is 4. The molecule has 3 N–H and O–H groups in total. The third-order valence-corrected chi connectivity index (χ3v) is 5.69. The van der Waals surface area contributed by atoms with Gasteiger partial charge in [0, 0.05) is 5.69 Å². The van der Waals surface area contributed by atoms with E-state index >= 15 is 0 Å². The smallest absolute Gasteiger partial charge is 0.360 e. The average molecular weight is 399 g/mol. The number of anilines is 2.